The molecule has 1 saturated carbocycles. The predicted octanol–water partition coefficient (Wildman–Crippen LogP) is 2.51. The summed E-state index contributed by atoms with van der Waals surface area (Å²) in [6.07, 6.45) is 4.48. The maximum absolute atomic E-state index is 5.64. The van der Waals surface area contributed by atoms with Crippen LogP contribution in [0.15, 0.2) is 0 Å². The van der Waals surface area contributed by atoms with E-state index < -0.39 is 0 Å². The van der Waals surface area contributed by atoms with E-state index in [-0.39, 0.29) is 5.54 Å². The number of hydrogen-bond acceptors (Lipinski definition) is 3. The molecule has 1 saturated heterocycles. The highest BCUT2D eigenvalue weighted by molar-refractivity contribution is 4.94. The fourth-order valence-corrected chi connectivity index (χ4v) is 3.37. The monoisotopic (exact) mass is 268 g/mol. The van der Waals surface area contributed by atoms with E-state index in [1.165, 1.54) is 25.8 Å². The van der Waals surface area contributed by atoms with Crippen LogP contribution in [-0.2, 0) is 4.74 Å². The van der Waals surface area contributed by atoms with Gasteiger partial charge in [-0.1, -0.05) is 6.92 Å². The summed E-state index contributed by atoms with van der Waals surface area (Å²) in [5, 5.41) is 3.67. The molecule has 2 fully saturated rings. The normalized spacial score (nSPS) is 37.1. The molecule has 4 unspecified atom stereocenters. The summed E-state index contributed by atoms with van der Waals surface area (Å²) in [4.78, 5) is 2.69. The van der Waals surface area contributed by atoms with Gasteiger partial charge < -0.3 is 10.1 Å². The molecule has 0 aromatic carbocycles. The van der Waals surface area contributed by atoms with Crippen molar-refractivity contribution in [1.29, 1.82) is 0 Å². The average molecular weight is 268 g/mol. The Morgan fingerprint density at radius 2 is 1.95 bits per heavy atom. The van der Waals surface area contributed by atoms with Gasteiger partial charge in [0, 0.05) is 25.2 Å². The second-order valence-electron chi connectivity index (χ2n) is 7.57. The van der Waals surface area contributed by atoms with Gasteiger partial charge in [-0.3, -0.25) is 4.90 Å². The van der Waals surface area contributed by atoms with Crippen molar-refractivity contribution < 1.29 is 4.74 Å². The van der Waals surface area contributed by atoms with E-state index in [0.29, 0.717) is 12.0 Å². The third-order valence-electron chi connectivity index (χ3n) is 4.96. The smallest absolute Gasteiger partial charge is 0.0724 e. The molecule has 3 nitrogen and oxygen atoms in total. The van der Waals surface area contributed by atoms with Crippen molar-refractivity contribution in [2.24, 2.45) is 11.8 Å². The summed E-state index contributed by atoms with van der Waals surface area (Å²) in [6.45, 7) is 12.6. The van der Waals surface area contributed by atoms with Gasteiger partial charge in [0.25, 0.3) is 0 Å². The van der Waals surface area contributed by atoms with Crippen molar-refractivity contribution in [3.63, 3.8) is 0 Å². The number of nitrogens with one attached hydrogen (secondary N) is 1. The Bertz CT molecular complexity index is 287. The Balaban J connectivity index is 1.82. The molecule has 1 N–H and O–H groups in total. The van der Waals surface area contributed by atoms with E-state index in [0.717, 1.165) is 25.0 Å². The van der Waals surface area contributed by atoms with Crippen LogP contribution in [-0.4, -0.2) is 49.3 Å². The second kappa shape index (κ2) is 6.11. The number of nitrogens with zero attached hydrogens (tertiary/aromatic N) is 1. The van der Waals surface area contributed by atoms with Crippen LogP contribution in [0.1, 0.15) is 47.0 Å². The van der Waals surface area contributed by atoms with Gasteiger partial charge in [0.05, 0.1) is 6.10 Å². The fraction of sp³-hybridized carbons (Fsp3) is 1.00. The lowest BCUT2D eigenvalue weighted by molar-refractivity contribution is -0.0478. The van der Waals surface area contributed by atoms with E-state index >= 15 is 0 Å². The van der Waals surface area contributed by atoms with Crippen LogP contribution >= 0.6 is 0 Å². The summed E-state index contributed by atoms with van der Waals surface area (Å²) >= 11 is 0. The van der Waals surface area contributed by atoms with Gasteiger partial charge in [0.2, 0.25) is 0 Å². The van der Waals surface area contributed by atoms with E-state index in [4.69, 9.17) is 4.74 Å². The maximum Gasteiger partial charge on any atom is 0.0724 e. The molecule has 0 amide bonds. The first-order valence-electron chi connectivity index (χ1n) is 7.92. The molecule has 1 aliphatic heterocycles. The van der Waals surface area contributed by atoms with Crippen LogP contribution in [0.2, 0.25) is 0 Å². The third kappa shape index (κ3) is 3.93. The first-order valence-corrected chi connectivity index (χ1v) is 7.92. The van der Waals surface area contributed by atoms with Crippen molar-refractivity contribution in [2.75, 3.05) is 26.7 Å². The first-order chi connectivity index (χ1) is 8.90. The Labute approximate surface area is 119 Å². The summed E-state index contributed by atoms with van der Waals surface area (Å²) < 4.78 is 5.64. The highest BCUT2D eigenvalue weighted by Gasteiger charge is 2.39. The standard InChI is InChI=1S/C16H32N2O/c1-12-8-9-18(11-15(12)19-5)14-7-6-13(14)10-17-16(2,3)4/h12-15,17H,6-11H2,1-5H3. The molecule has 3 heteroatoms. The molecule has 2 aliphatic rings. The number of ether oxygens (including phenoxy) is 1. The third-order valence-corrected chi connectivity index (χ3v) is 4.96. The molecule has 0 bridgehead atoms. The average Bonchev–Trinajstić information content (AvgIpc) is 2.28. The highest BCUT2D eigenvalue weighted by atomic mass is 16.5. The second-order valence-corrected chi connectivity index (χ2v) is 7.57. The molecule has 2 rings (SSSR count). The zero-order chi connectivity index (χ0) is 14.0. The Morgan fingerprint density at radius 1 is 1.21 bits per heavy atom. The van der Waals surface area contributed by atoms with Crippen molar-refractivity contribution >= 4 is 0 Å². The van der Waals surface area contributed by atoms with Gasteiger partial charge in [-0.25, -0.2) is 0 Å². The van der Waals surface area contributed by atoms with Crippen LogP contribution in [0.3, 0.4) is 0 Å². The Morgan fingerprint density at radius 3 is 2.47 bits per heavy atom. The minimum atomic E-state index is 0.242. The van der Waals surface area contributed by atoms with Gasteiger partial charge in [0.1, 0.15) is 0 Å². The first kappa shape index (κ1) is 15.3. The lowest BCUT2D eigenvalue weighted by Crippen LogP contribution is -2.57. The van der Waals surface area contributed by atoms with E-state index in [2.05, 4.69) is 37.9 Å². The minimum absolute atomic E-state index is 0.242. The summed E-state index contributed by atoms with van der Waals surface area (Å²) in [5.74, 6) is 1.55. The summed E-state index contributed by atoms with van der Waals surface area (Å²) in [7, 11) is 1.87. The topological polar surface area (TPSA) is 24.5 Å². The van der Waals surface area contributed by atoms with E-state index in [9.17, 15) is 0 Å². The fourth-order valence-electron chi connectivity index (χ4n) is 3.37. The number of methoxy groups -OCH3 is 1. The number of hydrogen-bond donors (Lipinski definition) is 1. The molecule has 0 aromatic rings. The van der Waals surface area contributed by atoms with Crippen molar-refractivity contribution in [2.45, 2.75) is 64.6 Å². The lowest BCUT2D eigenvalue weighted by Gasteiger charge is -2.49. The van der Waals surface area contributed by atoms with Gasteiger partial charge in [-0.2, -0.15) is 0 Å². The highest BCUT2D eigenvalue weighted by Crippen LogP contribution is 2.35. The van der Waals surface area contributed by atoms with Gasteiger partial charge >= 0.3 is 0 Å². The zero-order valence-electron chi connectivity index (χ0n) is 13.4. The molecular formula is C16H32N2O. The van der Waals surface area contributed by atoms with Crippen molar-refractivity contribution in [3.05, 3.63) is 0 Å². The Kier molecular flexibility index (Phi) is 4.91. The van der Waals surface area contributed by atoms with Gasteiger partial charge in [-0.15, -0.1) is 0 Å². The van der Waals surface area contributed by atoms with Gasteiger partial charge in [-0.05, 0) is 65.0 Å². The van der Waals surface area contributed by atoms with Crippen LogP contribution in [0, 0.1) is 11.8 Å². The molecule has 4 atom stereocenters. The molecule has 0 spiro atoms. The summed E-state index contributed by atoms with van der Waals surface area (Å²) in [6, 6.07) is 0.792. The van der Waals surface area contributed by atoms with Crippen LogP contribution in [0.5, 0.6) is 0 Å². The molecule has 112 valence electrons. The molecule has 0 radical (unpaired) electrons. The molecule has 1 aliphatic carbocycles. The molecule has 0 aromatic heterocycles. The van der Waals surface area contributed by atoms with Crippen LogP contribution in [0.4, 0.5) is 0 Å². The van der Waals surface area contributed by atoms with E-state index in [1.807, 2.05) is 7.11 Å². The predicted molar refractivity (Wildman–Crippen MR) is 80.4 cm³/mol. The SMILES string of the molecule is COC1CN(C2CCC2CNC(C)(C)C)CCC1C. The molecule has 1 heterocycles. The lowest BCUT2D eigenvalue weighted by atomic mass is 9.76. The van der Waals surface area contributed by atoms with Crippen LogP contribution < -0.4 is 5.32 Å². The largest absolute Gasteiger partial charge is 0.380 e. The van der Waals surface area contributed by atoms with E-state index in [1.54, 1.807) is 0 Å². The quantitative estimate of drug-likeness (QED) is 0.848. The van der Waals surface area contributed by atoms with Crippen LogP contribution in [0.25, 0.3) is 0 Å². The molecular weight excluding hydrogens is 236 g/mol. The zero-order valence-corrected chi connectivity index (χ0v) is 13.4. The summed E-state index contributed by atoms with van der Waals surface area (Å²) in [5.41, 5.74) is 0.242. The number of likely N-dealkylation sites (tertiary alicyclic amines) is 1. The van der Waals surface area contributed by atoms with Crippen molar-refractivity contribution in [3.8, 4) is 0 Å². The maximum atomic E-state index is 5.64. The Hall–Kier alpha value is -0.120. The minimum Gasteiger partial charge on any atom is -0.380 e. The van der Waals surface area contributed by atoms with Gasteiger partial charge in [0.15, 0.2) is 0 Å². The number of piperidine rings is 1. The number of rotatable bonds is 4. The van der Waals surface area contributed by atoms with Crippen molar-refractivity contribution in [1.82, 2.24) is 10.2 Å². The molecule has 19 heavy (non-hydrogen) atoms.